The van der Waals surface area contributed by atoms with Crippen molar-refractivity contribution in [2.45, 2.75) is 12.5 Å². The quantitative estimate of drug-likeness (QED) is 0.442. The van der Waals surface area contributed by atoms with Crippen molar-refractivity contribution >= 4 is 22.6 Å². The van der Waals surface area contributed by atoms with Crippen LogP contribution in [0.2, 0.25) is 0 Å². The van der Waals surface area contributed by atoms with E-state index in [1.807, 2.05) is 0 Å². The first-order valence-electron chi connectivity index (χ1n) is 4.11. The van der Waals surface area contributed by atoms with Gasteiger partial charge >= 0.3 is 12.5 Å². The van der Waals surface area contributed by atoms with Crippen LogP contribution in [0.3, 0.4) is 0 Å². The number of ether oxygens (including phenoxy) is 2. The van der Waals surface area contributed by atoms with Crippen LogP contribution >= 0.6 is 22.6 Å². The lowest BCUT2D eigenvalue weighted by molar-refractivity contribution is -0.276. The molecule has 0 unspecified atom stereocenters. The molecule has 10 heteroatoms. The van der Waals surface area contributed by atoms with Crippen molar-refractivity contribution in [2.24, 2.45) is 0 Å². The average molecular weight is 387 g/mol. The summed E-state index contributed by atoms with van der Waals surface area (Å²) in [7, 11) is 0.885. The molecule has 1 rings (SSSR count). The van der Waals surface area contributed by atoms with E-state index in [1.54, 1.807) is 0 Å². The summed E-state index contributed by atoms with van der Waals surface area (Å²) in [6, 6.07) is 0. The van der Waals surface area contributed by atoms with Gasteiger partial charge in [0.2, 0.25) is 0 Å². The lowest BCUT2D eigenvalue weighted by Crippen LogP contribution is -2.22. The summed E-state index contributed by atoms with van der Waals surface area (Å²) in [5, 5.41) is 0. The smallest absolute Gasteiger partial charge is 0.494 e. The molecule has 0 aromatic carbocycles. The van der Waals surface area contributed by atoms with Gasteiger partial charge in [0.05, 0.1) is 13.3 Å². The Morgan fingerprint density at radius 3 is 2.11 bits per heavy atom. The predicted octanol–water partition coefficient (Wildman–Crippen LogP) is 3.61. The molecule has 1 heterocycles. The Labute approximate surface area is 110 Å². The summed E-state index contributed by atoms with van der Waals surface area (Å²) in [6.45, 7) is 0. The number of alkyl halides is 6. The van der Waals surface area contributed by atoms with Crippen molar-refractivity contribution in [2.75, 3.05) is 7.11 Å². The minimum atomic E-state index is -5.26. The molecule has 0 N–H and O–H groups in total. The largest absolute Gasteiger partial charge is 0.573 e. The summed E-state index contributed by atoms with van der Waals surface area (Å²) in [4.78, 5) is 3.34. The Morgan fingerprint density at radius 1 is 1.17 bits per heavy atom. The normalized spacial score (nSPS) is 12.4. The van der Waals surface area contributed by atoms with Gasteiger partial charge in [0.1, 0.15) is 9.26 Å². The van der Waals surface area contributed by atoms with E-state index in [-0.39, 0.29) is 0 Å². The molecule has 102 valence electrons. The first kappa shape index (κ1) is 15.1. The van der Waals surface area contributed by atoms with Crippen LogP contribution in [0.15, 0.2) is 6.20 Å². The maximum atomic E-state index is 12.7. The van der Waals surface area contributed by atoms with Crippen LogP contribution < -0.4 is 9.47 Å². The third-order valence-electron chi connectivity index (χ3n) is 1.68. The standard InChI is InChI=1S/C8H4F6INO2/c1-17-3-2-16-6(15)5(18-8(12,13)14)4(3)7(9,10)11/h2H,1H3. The highest BCUT2D eigenvalue weighted by molar-refractivity contribution is 14.1. The average Bonchev–Trinajstić information content (AvgIpc) is 2.17. The molecular formula is C8H4F6INO2. The Morgan fingerprint density at radius 2 is 1.72 bits per heavy atom. The molecule has 0 radical (unpaired) electrons. The molecular weight excluding hydrogens is 383 g/mol. The first-order valence-corrected chi connectivity index (χ1v) is 5.19. The van der Waals surface area contributed by atoms with Crippen LogP contribution in [-0.4, -0.2) is 18.5 Å². The summed E-state index contributed by atoms with van der Waals surface area (Å²) >= 11 is 1.21. The topological polar surface area (TPSA) is 31.4 Å². The molecule has 0 saturated carbocycles. The molecule has 0 saturated heterocycles. The van der Waals surface area contributed by atoms with E-state index in [2.05, 4.69) is 14.5 Å². The fraction of sp³-hybridized carbons (Fsp3) is 0.375. The molecule has 0 amide bonds. The van der Waals surface area contributed by atoms with Gasteiger partial charge in [0, 0.05) is 0 Å². The van der Waals surface area contributed by atoms with Crippen LogP contribution in [0.4, 0.5) is 26.3 Å². The Balaban J connectivity index is 3.46. The molecule has 1 aromatic heterocycles. The number of nitrogens with zero attached hydrogens (tertiary/aromatic N) is 1. The highest BCUT2D eigenvalue weighted by atomic mass is 127. The number of methoxy groups -OCH3 is 1. The third-order valence-corrected chi connectivity index (χ3v) is 2.45. The molecule has 0 spiro atoms. The SMILES string of the molecule is COc1cnc(I)c(OC(F)(F)F)c1C(F)(F)F. The number of halogens is 7. The summed E-state index contributed by atoms with van der Waals surface area (Å²) < 4.78 is 81.4. The van der Waals surface area contributed by atoms with Gasteiger partial charge in [-0.15, -0.1) is 13.2 Å². The molecule has 3 nitrogen and oxygen atoms in total. The van der Waals surface area contributed by atoms with E-state index in [1.165, 1.54) is 22.6 Å². The van der Waals surface area contributed by atoms with Gasteiger partial charge in [0.15, 0.2) is 11.5 Å². The fourth-order valence-electron chi connectivity index (χ4n) is 1.09. The van der Waals surface area contributed by atoms with E-state index in [9.17, 15) is 26.3 Å². The number of aromatic nitrogens is 1. The second-order valence-corrected chi connectivity index (χ2v) is 3.89. The molecule has 18 heavy (non-hydrogen) atoms. The van der Waals surface area contributed by atoms with E-state index in [4.69, 9.17) is 0 Å². The molecule has 0 aliphatic carbocycles. The van der Waals surface area contributed by atoms with Gasteiger partial charge in [-0.2, -0.15) is 13.2 Å². The van der Waals surface area contributed by atoms with Crippen LogP contribution in [0.5, 0.6) is 11.5 Å². The summed E-state index contributed by atoms with van der Waals surface area (Å²) in [5.41, 5.74) is -1.65. The van der Waals surface area contributed by atoms with Gasteiger partial charge in [-0.05, 0) is 22.6 Å². The zero-order valence-electron chi connectivity index (χ0n) is 8.49. The Kier molecular flexibility index (Phi) is 4.18. The molecule has 0 atom stereocenters. The van der Waals surface area contributed by atoms with Crippen LogP contribution in [-0.2, 0) is 6.18 Å². The molecule has 0 aliphatic rings. The second-order valence-electron chi connectivity index (χ2n) is 2.87. The van der Waals surface area contributed by atoms with E-state index >= 15 is 0 Å². The molecule has 0 aliphatic heterocycles. The molecule has 1 aromatic rings. The summed E-state index contributed by atoms with van der Waals surface area (Å²) in [6.07, 6.45) is -9.64. The lowest BCUT2D eigenvalue weighted by atomic mass is 10.2. The second kappa shape index (κ2) is 4.97. The van der Waals surface area contributed by atoms with Crippen molar-refractivity contribution in [3.63, 3.8) is 0 Å². The van der Waals surface area contributed by atoms with Crippen molar-refractivity contribution < 1.29 is 35.8 Å². The monoisotopic (exact) mass is 387 g/mol. The Hall–Kier alpha value is -0.940. The highest BCUT2D eigenvalue weighted by Crippen LogP contribution is 2.45. The van der Waals surface area contributed by atoms with Gasteiger partial charge < -0.3 is 9.47 Å². The van der Waals surface area contributed by atoms with E-state index in [0.29, 0.717) is 6.20 Å². The zero-order chi connectivity index (χ0) is 14.1. The van der Waals surface area contributed by atoms with Crippen molar-refractivity contribution in [3.05, 3.63) is 15.5 Å². The van der Waals surface area contributed by atoms with Gasteiger partial charge in [0.25, 0.3) is 0 Å². The minimum Gasteiger partial charge on any atom is -0.494 e. The Bertz CT molecular complexity index is 444. The van der Waals surface area contributed by atoms with Crippen molar-refractivity contribution in [3.8, 4) is 11.5 Å². The predicted molar refractivity (Wildman–Crippen MR) is 55.2 cm³/mol. The van der Waals surface area contributed by atoms with E-state index in [0.717, 1.165) is 7.11 Å². The van der Waals surface area contributed by atoms with Crippen LogP contribution in [0.25, 0.3) is 0 Å². The first-order chi connectivity index (χ1) is 8.06. The van der Waals surface area contributed by atoms with Gasteiger partial charge in [-0.25, -0.2) is 4.98 Å². The number of hydrogen-bond donors (Lipinski definition) is 0. The van der Waals surface area contributed by atoms with Crippen molar-refractivity contribution in [1.29, 1.82) is 0 Å². The maximum Gasteiger partial charge on any atom is 0.573 e. The van der Waals surface area contributed by atoms with Crippen molar-refractivity contribution in [1.82, 2.24) is 4.98 Å². The maximum absolute atomic E-state index is 12.7. The van der Waals surface area contributed by atoms with Crippen LogP contribution in [0.1, 0.15) is 5.56 Å². The number of pyridine rings is 1. The minimum absolute atomic E-state index is 0.571. The van der Waals surface area contributed by atoms with E-state index < -0.39 is 33.3 Å². The molecule has 0 fully saturated rings. The zero-order valence-corrected chi connectivity index (χ0v) is 10.6. The highest BCUT2D eigenvalue weighted by Gasteiger charge is 2.43. The number of rotatable bonds is 2. The van der Waals surface area contributed by atoms with Gasteiger partial charge in [-0.3, -0.25) is 0 Å². The van der Waals surface area contributed by atoms with Gasteiger partial charge in [-0.1, -0.05) is 0 Å². The third kappa shape index (κ3) is 3.53. The molecule has 0 bridgehead atoms. The lowest BCUT2D eigenvalue weighted by Gasteiger charge is -2.18. The number of hydrogen-bond acceptors (Lipinski definition) is 3. The summed E-state index contributed by atoms with van der Waals surface area (Å²) in [5.74, 6) is -2.27. The van der Waals surface area contributed by atoms with Crippen LogP contribution in [0, 0.1) is 3.70 Å². The fourth-order valence-corrected chi connectivity index (χ4v) is 1.60.